The smallest absolute Gasteiger partial charge is 0.164 e. The minimum absolute atomic E-state index is 0.177. The number of ether oxygens (including phenoxy) is 1. The van der Waals surface area contributed by atoms with Gasteiger partial charge in [-0.3, -0.25) is 0 Å². The van der Waals surface area contributed by atoms with Crippen LogP contribution < -0.4 is 5.32 Å². The predicted octanol–water partition coefficient (Wildman–Crippen LogP) is 4.63. The molecule has 1 aromatic carbocycles. The zero-order valence-corrected chi connectivity index (χ0v) is 12.5. The van der Waals surface area contributed by atoms with Crippen LogP contribution in [0.5, 0.6) is 0 Å². The van der Waals surface area contributed by atoms with E-state index in [1.807, 2.05) is 6.92 Å². The number of hydrogen-bond donors (Lipinski definition) is 1. The topological polar surface area (TPSA) is 21.3 Å². The Morgan fingerprint density at radius 3 is 2.85 bits per heavy atom. The average Bonchev–Trinajstić information content (AvgIpc) is 2.95. The third-order valence-corrected chi connectivity index (χ3v) is 5.26. The third kappa shape index (κ3) is 2.21. The van der Waals surface area contributed by atoms with Crippen LogP contribution in [0.3, 0.4) is 0 Å². The first-order valence-corrected chi connectivity index (χ1v) is 7.87. The van der Waals surface area contributed by atoms with Gasteiger partial charge < -0.3 is 10.1 Å². The highest BCUT2D eigenvalue weighted by Crippen LogP contribution is 2.55. The largest absolute Gasteiger partial charge is 0.379 e. The van der Waals surface area contributed by atoms with Crippen molar-refractivity contribution in [2.75, 3.05) is 11.9 Å². The SMILES string of the molecule is CCOC1CC(Nc2cccc(Cl)c2F)C12CCCC2. The van der Waals surface area contributed by atoms with Gasteiger partial charge in [-0.15, -0.1) is 0 Å². The van der Waals surface area contributed by atoms with Crippen molar-refractivity contribution < 1.29 is 9.13 Å². The quantitative estimate of drug-likeness (QED) is 0.875. The van der Waals surface area contributed by atoms with Gasteiger partial charge in [-0.1, -0.05) is 30.5 Å². The van der Waals surface area contributed by atoms with E-state index in [0.29, 0.717) is 17.8 Å². The summed E-state index contributed by atoms with van der Waals surface area (Å²) in [6.07, 6.45) is 6.14. The predicted molar refractivity (Wildman–Crippen MR) is 79.8 cm³/mol. The molecule has 0 aromatic heterocycles. The fourth-order valence-corrected chi connectivity index (χ4v) is 4.07. The Morgan fingerprint density at radius 1 is 1.40 bits per heavy atom. The molecule has 1 spiro atoms. The molecule has 0 saturated heterocycles. The van der Waals surface area contributed by atoms with Crippen LogP contribution in [0.1, 0.15) is 39.0 Å². The standard InChI is InChI=1S/C16H21ClFNO/c1-2-20-14-10-13(16(14)8-3-4-9-16)19-12-7-5-6-11(17)15(12)18/h5-7,13-14,19H,2-4,8-10H2,1H3. The summed E-state index contributed by atoms with van der Waals surface area (Å²) in [6.45, 7) is 2.80. The molecule has 2 unspecified atom stereocenters. The van der Waals surface area contributed by atoms with E-state index in [0.717, 1.165) is 13.0 Å². The van der Waals surface area contributed by atoms with E-state index in [1.165, 1.54) is 25.7 Å². The van der Waals surface area contributed by atoms with Crippen molar-refractivity contribution in [1.29, 1.82) is 0 Å². The van der Waals surface area contributed by atoms with Crippen molar-refractivity contribution in [2.24, 2.45) is 5.41 Å². The van der Waals surface area contributed by atoms with Crippen LogP contribution in [0.2, 0.25) is 5.02 Å². The lowest BCUT2D eigenvalue weighted by Crippen LogP contribution is -2.60. The van der Waals surface area contributed by atoms with E-state index in [2.05, 4.69) is 5.32 Å². The monoisotopic (exact) mass is 297 g/mol. The van der Waals surface area contributed by atoms with Crippen LogP contribution in [-0.4, -0.2) is 18.8 Å². The molecule has 110 valence electrons. The summed E-state index contributed by atoms with van der Waals surface area (Å²) >= 11 is 5.85. The minimum Gasteiger partial charge on any atom is -0.379 e. The van der Waals surface area contributed by atoms with E-state index in [9.17, 15) is 4.39 Å². The minimum atomic E-state index is -0.345. The molecule has 4 heteroatoms. The maximum Gasteiger partial charge on any atom is 0.164 e. The molecule has 0 aliphatic heterocycles. The second-order valence-electron chi connectivity index (χ2n) is 5.92. The summed E-state index contributed by atoms with van der Waals surface area (Å²) in [6, 6.07) is 5.43. The van der Waals surface area contributed by atoms with E-state index in [4.69, 9.17) is 16.3 Å². The van der Waals surface area contributed by atoms with Gasteiger partial charge in [0.2, 0.25) is 0 Å². The van der Waals surface area contributed by atoms with Crippen LogP contribution >= 0.6 is 11.6 Å². The van der Waals surface area contributed by atoms with Gasteiger partial charge in [-0.25, -0.2) is 4.39 Å². The molecule has 1 N–H and O–H groups in total. The van der Waals surface area contributed by atoms with Crippen molar-refractivity contribution >= 4 is 17.3 Å². The Balaban J connectivity index is 1.76. The molecule has 0 amide bonds. The van der Waals surface area contributed by atoms with E-state index < -0.39 is 0 Å². The maximum absolute atomic E-state index is 14.0. The molecule has 0 bridgehead atoms. The molecule has 1 aromatic rings. The first-order valence-electron chi connectivity index (χ1n) is 7.49. The Hall–Kier alpha value is -0.800. The number of nitrogens with one attached hydrogen (secondary N) is 1. The molecule has 0 heterocycles. The molecule has 2 aliphatic carbocycles. The zero-order valence-electron chi connectivity index (χ0n) is 11.8. The molecule has 3 rings (SSSR count). The fraction of sp³-hybridized carbons (Fsp3) is 0.625. The van der Waals surface area contributed by atoms with Crippen molar-refractivity contribution in [2.45, 2.75) is 51.2 Å². The fourth-order valence-electron chi connectivity index (χ4n) is 3.89. The summed E-state index contributed by atoms with van der Waals surface area (Å²) in [4.78, 5) is 0. The Morgan fingerprint density at radius 2 is 2.15 bits per heavy atom. The number of rotatable bonds is 4. The third-order valence-electron chi connectivity index (χ3n) is 4.97. The van der Waals surface area contributed by atoms with E-state index in [-0.39, 0.29) is 16.3 Å². The van der Waals surface area contributed by atoms with Gasteiger partial charge in [0, 0.05) is 18.1 Å². The van der Waals surface area contributed by atoms with Gasteiger partial charge in [0.15, 0.2) is 5.82 Å². The Kier molecular flexibility index (Phi) is 3.91. The molecule has 2 fully saturated rings. The molecule has 2 atom stereocenters. The van der Waals surface area contributed by atoms with Gasteiger partial charge in [0.1, 0.15) is 0 Å². The molecule has 2 saturated carbocycles. The lowest BCUT2D eigenvalue weighted by Gasteiger charge is -2.54. The van der Waals surface area contributed by atoms with Crippen molar-refractivity contribution in [3.05, 3.63) is 29.0 Å². The first-order chi connectivity index (χ1) is 9.67. The summed E-state index contributed by atoms with van der Waals surface area (Å²) in [5.74, 6) is -0.345. The first kappa shape index (κ1) is 14.2. The van der Waals surface area contributed by atoms with E-state index in [1.54, 1.807) is 18.2 Å². The second kappa shape index (κ2) is 5.53. The summed E-state index contributed by atoms with van der Waals surface area (Å²) in [5.41, 5.74) is 0.717. The van der Waals surface area contributed by atoms with Crippen LogP contribution in [-0.2, 0) is 4.74 Å². The van der Waals surface area contributed by atoms with Crippen LogP contribution in [0, 0.1) is 11.2 Å². The highest BCUT2D eigenvalue weighted by molar-refractivity contribution is 6.31. The molecule has 0 radical (unpaired) electrons. The molecule has 2 aliphatic rings. The van der Waals surface area contributed by atoms with Gasteiger partial charge in [0.25, 0.3) is 0 Å². The average molecular weight is 298 g/mol. The molecule has 2 nitrogen and oxygen atoms in total. The number of halogens is 2. The lowest BCUT2D eigenvalue weighted by molar-refractivity contribution is -0.114. The highest BCUT2D eigenvalue weighted by Gasteiger charge is 2.56. The Labute approximate surface area is 124 Å². The van der Waals surface area contributed by atoms with Gasteiger partial charge >= 0.3 is 0 Å². The second-order valence-corrected chi connectivity index (χ2v) is 6.33. The molecular weight excluding hydrogens is 277 g/mol. The normalized spacial score (nSPS) is 27.6. The summed E-state index contributed by atoms with van der Waals surface area (Å²) in [5, 5.41) is 3.55. The molecular formula is C16H21ClFNO. The number of benzene rings is 1. The maximum atomic E-state index is 14.0. The van der Waals surface area contributed by atoms with Crippen LogP contribution in [0.4, 0.5) is 10.1 Å². The van der Waals surface area contributed by atoms with Crippen LogP contribution in [0.15, 0.2) is 18.2 Å². The Bertz CT molecular complexity index is 487. The van der Waals surface area contributed by atoms with Gasteiger partial charge in [-0.05, 0) is 38.3 Å². The number of anilines is 1. The van der Waals surface area contributed by atoms with Gasteiger partial charge in [0.05, 0.1) is 16.8 Å². The van der Waals surface area contributed by atoms with Crippen molar-refractivity contribution in [3.8, 4) is 0 Å². The van der Waals surface area contributed by atoms with Gasteiger partial charge in [-0.2, -0.15) is 0 Å². The lowest BCUT2D eigenvalue weighted by atomic mass is 9.60. The zero-order chi connectivity index (χ0) is 14.2. The highest BCUT2D eigenvalue weighted by atomic mass is 35.5. The number of hydrogen-bond acceptors (Lipinski definition) is 2. The summed E-state index contributed by atoms with van der Waals surface area (Å²) < 4.78 is 19.9. The van der Waals surface area contributed by atoms with Crippen molar-refractivity contribution in [1.82, 2.24) is 0 Å². The van der Waals surface area contributed by atoms with E-state index >= 15 is 0 Å². The summed E-state index contributed by atoms with van der Waals surface area (Å²) in [7, 11) is 0. The molecule has 20 heavy (non-hydrogen) atoms. The van der Waals surface area contributed by atoms with Crippen molar-refractivity contribution in [3.63, 3.8) is 0 Å². The van der Waals surface area contributed by atoms with Crippen LogP contribution in [0.25, 0.3) is 0 Å².